The molecule has 0 aliphatic carbocycles. The minimum Gasteiger partial charge on any atom is -0.436 e. The lowest BCUT2D eigenvalue weighted by molar-refractivity contribution is 0.102. The van der Waals surface area contributed by atoms with Gasteiger partial charge in [0.1, 0.15) is 11.3 Å². The topological polar surface area (TPSA) is 78.9 Å². The summed E-state index contributed by atoms with van der Waals surface area (Å²) in [6.07, 6.45) is 0.908. The van der Waals surface area contributed by atoms with Gasteiger partial charge < -0.3 is 9.73 Å². The van der Waals surface area contributed by atoms with E-state index in [0.29, 0.717) is 22.7 Å². The van der Waals surface area contributed by atoms with Crippen LogP contribution in [0.3, 0.4) is 0 Å². The molecule has 0 bridgehead atoms. The van der Waals surface area contributed by atoms with Gasteiger partial charge in [-0.1, -0.05) is 19.1 Å². The van der Waals surface area contributed by atoms with Crippen LogP contribution in [0.25, 0.3) is 22.6 Å². The fourth-order valence-corrected chi connectivity index (χ4v) is 3.01. The zero-order chi connectivity index (χ0) is 20.4. The van der Waals surface area contributed by atoms with Crippen LogP contribution >= 0.6 is 0 Å². The lowest BCUT2D eigenvalue weighted by atomic mass is 10.1. The number of carbonyl (C=O) groups is 1. The van der Waals surface area contributed by atoms with Gasteiger partial charge in [0.15, 0.2) is 5.58 Å². The van der Waals surface area contributed by atoms with Crippen molar-refractivity contribution in [3.05, 3.63) is 83.2 Å². The fourth-order valence-electron chi connectivity index (χ4n) is 3.01. The summed E-state index contributed by atoms with van der Waals surface area (Å²) in [6, 6.07) is 18.4. The van der Waals surface area contributed by atoms with Crippen molar-refractivity contribution in [2.45, 2.75) is 13.3 Å². The first-order chi connectivity index (χ1) is 14.1. The molecule has 0 aliphatic heterocycles. The van der Waals surface area contributed by atoms with E-state index in [0.717, 1.165) is 18.0 Å². The van der Waals surface area contributed by atoms with Gasteiger partial charge >= 0.3 is 0 Å². The molecule has 6 heteroatoms. The first kappa shape index (κ1) is 18.4. The van der Waals surface area contributed by atoms with Gasteiger partial charge in [-0.15, -0.1) is 0 Å². The van der Waals surface area contributed by atoms with Crippen molar-refractivity contribution in [3.63, 3.8) is 0 Å². The van der Waals surface area contributed by atoms with Gasteiger partial charge in [-0.25, -0.2) is 9.37 Å². The lowest BCUT2D eigenvalue weighted by Gasteiger charge is -2.07. The van der Waals surface area contributed by atoms with Crippen LogP contribution in [0.4, 0.5) is 10.1 Å². The van der Waals surface area contributed by atoms with Gasteiger partial charge in [0.2, 0.25) is 5.89 Å². The summed E-state index contributed by atoms with van der Waals surface area (Å²) in [6.45, 7) is 2.07. The van der Waals surface area contributed by atoms with Gasteiger partial charge in [-0.3, -0.25) is 4.79 Å². The number of rotatable bonds is 4. The number of hydrogen-bond acceptors (Lipinski definition) is 4. The molecule has 0 spiro atoms. The number of oxazole rings is 1. The number of benzene rings is 3. The molecule has 4 aromatic rings. The Balaban J connectivity index is 1.61. The molecular weight excluding hydrogens is 369 g/mol. The monoisotopic (exact) mass is 385 g/mol. The Morgan fingerprint density at radius 3 is 2.79 bits per heavy atom. The van der Waals surface area contributed by atoms with Crippen molar-refractivity contribution in [1.82, 2.24) is 4.98 Å². The molecule has 3 aromatic carbocycles. The summed E-state index contributed by atoms with van der Waals surface area (Å²) in [5, 5.41) is 11.5. The van der Waals surface area contributed by atoms with Crippen LogP contribution < -0.4 is 5.32 Å². The molecule has 4 rings (SSSR count). The predicted octanol–water partition coefficient (Wildman–Crippen LogP) is 5.32. The molecule has 29 heavy (non-hydrogen) atoms. The second-order valence-electron chi connectivity index (χ2n) is 6.52. The number of fused-ring (bicyclic) bond motifs is 1. The van der Waals surface area contributed by atoms with Crippen LogP contribution in [0.5, 0.6) is 0 Å². The van der Waals surface area contributed by atoms with Crippen molar-refractivity contribution in [2.75, 3.05) is 5.32 Å². The maximum atomic E-state index is 14.1. The standard InChI is InChI=1S/C23H16FN3O2/c1-2-14-7-9-21-20(11-14)27-23(29-21)16-4-3-5-17(12-16)26-22(28)18-8-6-15(13-25)10-19(18)24/h3-12H,2H2,1H3,(H,26,28). The minimum absolute atomic E-state index is 0.136. The van der Waals surface area contributed by atoms with E-state index in [1.165, 1.54) is 17.7 Å². The van der Waals surface area contributed by atoms with E-state index in [9.17, 15) is 9.18 Å². The van der Waals surface area contributed by atoms with Gasteiger partial charge in [0.05, 0.1) is 17.2 Å². The van der Waals surface area contributed by atoms with Crippen molar-refractivity contribution >= 4 is 22.7 Å². The zero-order valence-corrected chi connectivity index (χ0v) is 15.6. The largest absolute Gasteiger partial charge is 0.436 e. The fraction of sp³-hybridized carbons (Fsp3) is 0.0870. The van der Waals surface area contributed by atoms with Gasteiger partial charge in [-0.05, 0) is 60.5 Å². The normalized spacial score (nSPS) is 10.7. The third-order valence-corrected chi connectivity index (χ3v) is 4.57. The van der Waals surface area contributed by atoms with Crippen LogP contribution in [0.2, 0.25) is 0 Å². The molecule has 0 aliphatic rings. The van der Waals surface area contributed by atoms with Crippen LogP contribution in [0.1, 0.15) is 28.4 Å². The first-order valence-electron chi connectivity index (χ1n) is 9.08. The van der Waals surface area contributed by atoms with Crippen LogP contribution in [-0.4, -0.2) is 10.9 Å². The second-order valence-corrected chi connectivity index (χ2v) is 6.52. The highest BCUT2D eigenvalue weighted by Gasteiger charge is 2.14. The van der Waals surface area contributed by atoms with E-state index in [1.807, 2.05) is 30.3 Å². The Morgan fingerprint density at radius 2 is 2.03 bits per heavy atom. The van der Waals surface area contributed by atoms with Crippen molar-refractivity contribution in [2.24, 2.45) is 0 Å². The average Bonchev–Trinajstić information content (AvgIpc) is 3.17. The molecular formula is C23H16FN3O2. The molecule has 0 saturated carbocycles. The van der Waals surface area contributed by atoms with Crippen LogP contribution in [0, 0.1) is 17.1 Å². The Hall–Kier alpha value is -3.98. The van der Waals surface area contributed by atoms with E-state index in [1.54, 1.807) is 18.2 Å². The van der Waals surface area contributed by atoms with E-state index < -0.39 is 11.7 Å². The minimum atomic E-state index is -0.747. The van der Waals surface area contributed by atoms with Crippen LogP contribution in [-0.2, 0) is 6.42 Å². The highest BCUT2D eigenvalue weighted by Crippen LogP contribution is 2.27. The average molecular weight is 385 g/mol. The highest BCUT2D eigenvalue weighted by molar-refractivity contribution is 6.04. The molecule has 0 fully saturated rings. The number of anilines is 1. The van der Waals surface area contributed by atoms with E-state index in [2.05, 4.69) is 17.2 Å². The molecule has 1 aromatic heterocycles. The second kappa shape index (κ2) is 7.56. The SMILES string of the molecule is CCc1ccc2oc(-c3cccc(NC(=O)c4ccc(C#N)cc4F)c3)nc2c1. The third kappa shape index (κ3) is 3.71. The van der Waals surface area contributed by atoms with E-state index >= 15 is 0 Å². The first-order valence-corrected chi connectivity index (χ1v) is 9.08. The molecule has 1 amide bonds. The molecule has 1 heterocycles. The molecule has 0 saturated heterocycles. The summed E-state index contributed by atoms with van der Waals surface area (Å²) in [5.74, 6) is -0.911. The number of hydrogen-bond donors (Lipinski definition) is 1. The quantitative estimate of drug-likeness (QED) is 0.516. The zero-order valence-electron chi connectivity index (χ0n) is 15.6. The smallest absolute Gasteiger partial charge is 0.258 e. The third-order valence-electron chi connectivity index (χ3n) is 4.57. The van der Waals surface area contributed by atoms with Gasteiger partial charge in [0.25, 0.3) is 5.91 Å². The van der Waals surface area contributed by atoms with E-state index in [4.69, 9.17) is 9.68 Å². The van der Waals surface area contributed by atoms with Crippen LogP contribution in [0.15, 0.2) is 65.1 Å². The maximum absolute atomic E-state index is 14.1. The van der Waals surface area contributed by atoms with Gasteiger partial charge in [0, 0.05) is 11.3 Å². The molecule has 1 N–H and O–H groups in total. The van der Waals surface area contributed by atoms with Crippen molar-refractivity contribution in [3.8, 4) is 17.5 Å². The maximum Gasteiger partial charge on any atom is 0.258 e. The highest BCUT2D eigenvalue weighted by atomic mass is 19.1. The lowest BCUT2D eigenvalue weighted by Crippen LogP contribution is -2.13. The molecule has 142 valence electrons. The summed E-state index contributed by atoms with van der Waals surface area (Å²) in [4.78, 5) is 17.0. The number of nitriles is 1. The van der Waals surface area contributed by atoms with Gasteiger partial charge in [-0.2, -0.15) is 5.26 Å². The molecule has 0 atom stereocenters. The summed E-state index contributed by atoms with van der Waals surface area (Å²) in [5.41, 5.74) is 3.82. The predicted molar refractivity (Wildman–Crippen MR) is 108 cm³/mol. The number of aryl methyl sites for hydroxylation is 1. The number of aromatic nitrogens is 1. The number of amides is 1. The number of nitrogens with one attached hydrogen (secondary N) is 1. The Morgan fingerprint density at radius 1 is 1.17 bits per heavy atom. The summed E-state index contributed by atoms with van der Waals surface area (Å²) in [7, 11) is 0. The summed E-state index contributed by atoms with van der Waals surface area (Å²) >= 11 is 0. The molecule has 0 unspecified atom stereocenters. The number of nitrogens with zero attached hydrogens (tertiary/aromatic N) is 2. The Kier molecular flexibility index (Phi) is 4.80. The van der Waals surface area contributed by atoms with Crippen molar-refractivity contribution in [1.29, 1.82) is 5.26 Å². The Labute approximate surface area is 166 Å². The van der Waals surface area contributed by atoms with Crippen molar-refractivity contribution < 1.29 is 13.6 Å². The molecule has 5 nitrogen and oxygen atoms in total. The number of halogens is 1. The summed E-state index contributed by atoms with van der Waals surface area (Å²) < 4.78 is 19.9. The number of carbonyl (C=O) groups excluding carboxylic acids is 1. The van der Waals surface area contributed by atoms with E-state index in [-0.39, 0.29) is 11.1 Å². The molecule has 0 radical (unpaired) electrons. The Bertz CT molecular complexity index is 1270.